The summed E-state index contributed by atoms with van der Waals surface area (Å²) in [5, 5.41) is 10.5. The van der Waals surface area contributed by atoms with E-state index in [1.165, 1.54) is 5.56 Å². The average Bonchev–Trinajstić information content (AvgIpc) is 3.02. The number of aliphatic hydroxyl groups excluding tert-OH is 1. The molecule has 1 heterocycles. The third-order valence-electron chi connectivity index (χ3n) is 4.23. The zero-order valence-electron chi connectivity index (χ0n) is 16.0. The maximum atomic E-state index is 12.0. The number of carbonyl (C=O) groups excluding carboxylic acids is 1. The van der Waals surface area contributed by atoms with Crippen molar-refractivity contribution in [1.82, 2.24) is 9.97 Å². The number of H-pyrrole nitrogens is 1. The number of nitrogens with one attached hydrogen (secondary N) is 1. The summed E-state index contributed by atoms with van der Waals surface area (Å²) < 4.78 is 5.31. The zero-order chi connectivity index (χ0) is 19.4. The Hall–Kier alpha value is -2.66. The number of hydrogen-bond acceptors (Lipinski definition) is 4. The Morgan fingerprint density at radius 2 is 1.85 bits per heavy atom. The van der Waals surface area contributed by atoms with Crippen LogP contribution in [0.3, 0.4) is 0 Å². The van der Waals surface area contributed by atoms with Gasteiger partial charge in [-0.2, -0.15) is 0 Å². The fraction of sp³-hybridized carbons (Fsp3) is 0.364. The van der Waals surface area contributed by atoms with Crippen LogP contribution in [0.1, 0.15) is 50.2 Å². The molecule has 0 aliphatic rings. The van der Waals surface area contributed by atoms with Gasteiger partial charge in [0.25, 0.3) is 0 Å². The minimum Gasteiger partial charge on any atom is -0.460 e. The van der Waals surface area contributed by atoms with Crippen molar-refractivity contribution in [3.8, 4) is 0 Å². The van der Waals surface area contributed by atoms with Crippen molar-refractivity contribution in [2.75, 3.05) is 0 Å². The van der Waals surface area contributed by atoms with Crippen molar-refractivity contribution < 1.29 is 14.6 Å². The first-order valence-electron chi connectivity index (χ1n) is 9.23. The molecule has 5 heteroatoms. The van der Waals surface area contributed by atoms with Gasteiger partial charge in [-0.1, -0.05) is 42.5 Å². The van der Waals surface area contributed by atoms with E-state index in [1.807, 2.05) is 51.1 Å². The fourth-order valence-corrected chi connectivity index (χ4v) is 3.05. The lowest BCUT2D eigenvalue weighted by Crippen LogP contribution is -2.25. The molecule has 0 fully saturated rings. The Bertz CT molecular complexity index is 910. The number of carbonyl (C=O) groups is 1. The minimum atomic E-state index is -0.950. The molecule has 1 atom stereocenters. The van der Waals surface area contributed by atoms with Crippen molar-refractivity contribution in [2.24, 2.45) is 0 Å². The number of fused-ring (bicyclic) bond motifs is 1. The van der Waals surface area contributed by atoms with Crippen LogP contribution < -0.4 is 0 Å². The van der Waals surface area contributed by atoms with E-state index in [0.29, 0.717) is 11.1 Å². The lowest BCUT2D eigenvalue weighted by atomic mass is 10.0. The normalized spacial score (nSPS) is 12.9. The molecule has 2 N–H and O–H groups in total. The van der Waals surface area contributed by atoms with Gasteiger partial charge >= 0.3 is 5.97 Å². The molecule has 0 bridgehead atoms. The summed E-state index contributed by atoms with van der Waals surface area (Å²) in [7, 11) is 0. The molecule has 0 saturated carbocycles. The number of aromatic amines is 1. The number of esters is 1. The second-order valence-corrected chi connectivity index (χ2v) is 7.72. The van der Waals surface area contributed by atoms with E-state index in [2.05, 4.69) is 22.1 Å². The molecule has 0 spiro atoms. The second kappa shape index (κ2) is 7.92. The monoisotopic (exact) mass is 366 g/mol. The Morgan fingerprint density at radius 1 is 1.11 bits per heavy atom. The first kappa shape index (κ1) is 19.1. The maximum absolute atomic E-state index is 12.0. The summed E-state index contributed by atoms with van der Waals surface area (Å²) in [5.74, 6) is 0.442. The molecule has 27 heavy (non-hydrogen) atoms. The van der Waals surface area contributed by atoms with Crippen molar-refractivity contribution in [1.29, 1.82) is 0 Å². The van der Waals surface area contributed by atoms with Gasteiger partial charge in [-0.15, -0.1) is 0 Å². The van der Waals surface area contributed by atoms with Crippen molar-refractivity contribution in [3.63, 3.8) is 0 Å². The highest BCUT2D eigenvalue weighted by atomic mass is 16.6. The molecule has 2 aromatic carbocycles. The fourth-order valence-electron chi connectivity index (χ4n) is 3.05. The van der Waals surface area contributed by atoms with Gasteiger partial charge < -0.3 is 14.8 Å². The Kier molecular flexibility index (Phi) is 5.61. The van der Waals surface area contributed by atoms with Crippen LogP contribution >= 0.6 is 0 Å². The molecule has 0 amide bonds. The number of aliphatic hydroxyl groups is 1. The van der Waals surface area contributed by atoms with Crippen LogP contribution in [0.5, 0.6) is 0 Å². The summed E-state index contributed by atoms with van der Waals surface area (Å²) in [6.07, 6.45) is 0.619. The number of benzene rings is 2. The second-order valence-electron chi connectivity index (χ2n) is 7.72. The number of aromatic nitrogens is 2. The molecule has 0 radical (unpaired) electrons. The Morgan fingerprint density at radius 3 is 2.56 bits per heavy atom. The smallest absolute Gasteiger partial charge is 0.309 e. The van der Waals surface area contributed by atoms with E-state index in [4.69, 9.17) is 4.74 Å². The first-order valence-corrected chi connectivity index (χ1v) is 9.23. The van der Waals surface area contributed by atoms with Gasteiger partial charge in [-0.05, 0) is 38.8 Å². The predicted octanol–water partition coefficient (Wildman–Crippen LogP) is 4.11. The largest absolute Gasteiger partial charge is 0.460 e. The van der Waals surface area contributed by atoms with Crippen LogP contribution in [0.15, 0.2) is 48.5 Å². The van der Waals surface area contributed by atoms with Crippen LogP contribution in [0, 0.1) is 0 Å². The van der Waals surface area contributed by atoms with Crippen LogP contribution in [0.25, 0.3) is 11.0 Å². The number of imidazole rings is 1. The number of para-hydroxylation sites is 1. The van der Waals surface area contributed by atoms with E-state index in [1.54, 1.807) is 6.07 Å². The van der Waals surface area contributed by atoms with Crippen LogP contribution in [-0.2, 0) is 22.4 Å². The summed E-state index contributed by atoms with van der Waals surface area (Å²) in [5.41, 5.74) is 2.89. The third-order valence-corrected chi connectivity index (χ3v) is 4.23. The van der Waals surface area contributed by atoms with Crippen LogP contribution in [0.4, 0.5) is 0 Å². The van der Waals surface area contributed by atoms with Crippen molar-refractivity contribution in [3.05, 3.63) is 65.5 Å². The Balaban J connectivity index is 1.74. The van der Waals surface area contributed by atoms with Gasteiger partial charge in [-0.3, -0.25) is 4.79 Å². The summed E-state index contributed by atoms with van der Waals surface area (Å²) >= 11 is 0. The number of ether oxygens (including phenoxy) is 1. The SMILES string of the molecule is CC(C)(C)OC(=O)CC(O)c1cccc2[nH]c(CCc3ccccc3)nc12. The standard InChI is InChI=1S/C22H26N2O3/c1-22(2,3)27-20(26)14-18(25)16-10-7-11-17-21(16)24-19(23-17)13-12-15-8-5-4-6-9-15/h4-11,18,25H,12-14H2,1-3H3,(H,23,24). The zero-order valence-corrected chi connectivity index (χ0v) is 16.0. The summed E-state index contributed by atoms with van der Waals surface area (Å²) in [6, 6.07) is 15.8. The molecule has 5 nitrogen and oxygen atoms in total. The number of hydrogen-bond donors (Lipinski definition) is 2. The maximum Gasteiger partial charge on any atom is 0.309 e. The van der Waals surface area contributed by atoms with E-state index in [-0.39, 0.29) is 6.42 Å². The van der Waals surface area contributed by atoms with E-state index in [0.717, 1.165) is 24.2 Å². The van der Waals surface area contributed by atoms with Gasteiger partial charge in [-0.25, -0.2) is 4.98 Å². The molecule has 0 saturated heterocycles. The quantitative estimate of drug-likeness (QED) is 0.644. The number of rotatable bonds is 6. The minimum absolute atomic E-state index is 0.0947. The summed E-state index contributed by atoms with van der Waals surface area (Å²) in [6.45, 7) is 5.43. The topological polar surface area (TPSA) is 75.2 Å². The molecule has 1 aromatic heterocycles. The van der Waals surface area contributed by atoms with E-state index < -0.39 is 17.7 Å². The van der Waals surface area contributed by atoms with Crippen molar-refractivity contribution >= 4 is 17.0 Å². The lowest BCUT2D eigenvalue weighted by Gasteiger charge is -2.20. The van der Waals surface area contributed by atoms with Crippen molar-refractivity contribution in [2.45, 2.75) is 51.7 Å². The van der Waals surface area contributed by atoms with Gasteiger partial charge in [0.05, 0.1) is 23.6 Å². The van der Waals surface area contributed by atoms with Gasteiger partial charge in [0, 0.05) is 12.0 Å². The molecular weight excluding hydrogens is 340 g/mol. The van der Waals surface area contributed by atoms with Crippen LogP contribution in [0.2, 0.25) is 0 Å². The van der Waals surface area contributed by atoms with E-state index in [9.17, 15) is 9.90 Å². The predicted molar refractivity (Wildman–Crippen MR) is 105 cm³/mol. The summed E-state index contributed by atoms with van der Waals surface area (Å²) in [4.78, 5) is 20.0. The molecule has 3 aromatic rings. The lowest BCUT2D eigenvalue weighted by molar-refractivity contribution is -0.157. The highest BCUT2D eigenvalue weighted by molar-refractivity contribution is 5.80. The van der Waals surface area contributed by atoms with Gasteiger partial charge in [0.1, 0.15) is 11.4 Å². The molecule has 1 unspecified atom stereocenters. The number of aryl methyl sites for hydroxylation is 2. The number of nitrogens with zero attached hydrogens (tertiary/aromatic N) is 1. The molecular formula is C22H26N2O3. The third kappa shape index (κ3) is 5.17. The highest BCUT2D eigenvalue weighted by Crippen LogP contribution is 2.26. The molecule has 3 rings (SSSR count). The average molecular weight is 366 g/mol. The Labute approximate surface area is 159 Å². The van der Waals surface area contributed by atoms with E-state index >= 15 is 0 Å². The van der Waals surface area contributed by atoms with Crippen LogP contribution in [-0.4, -0.2) is 26.6 Å². The first-order chi connectivity index (χ1) is 12.8. The van der Waals surface area contributed by atoms with Gasteiger partial charge in [0.15, 0.2) is 0 Å². The molecule has 0 aliphatic carbocycles. The van der Waals surface area contributed by atoms with Gasteiger partial charge in [0.2, 0.25) is 0 Å². The highest BCUT2D eigenvalue weighted by Gasteiger charge is 2.22. The molecule has 142 valence electrons. The molecule has 0 aliphatic heterocycles.